The fraction of sp³-hybridized carbons (Fsp3) is 0.344. The first-order valence-electron chi connectivity index (χ1n) is 13.1. The second-order valence-electron chi connectivity index (χ2n) is 10.0. The molecule has 6 heteroatoms. The van der Waals surface area contributed by atoms with Crippen molar-refractivity contribution >= 4 is 5.91 Å². The van der Waals surface area contributed by atoms with E-state index in [2.05, 4.69) is 61.1 Å². The molecule has 4 atom stereocenters. The summed E-state index contributed by atoms with van der Waals surface area (Å²) in [6.07, 6.45) is 1.19. The zero-order valence-corrected chi connectivity index (χ0v) is 22.5. The summed E-state index contributed by atoms with van der Waals surface area (Å²) in [6.45, 7) is 9.60. The molecule has 6 nitrogen and oxygen atoms in total. The van der Waals surface area contributed by atoms with Gasteiger partial charge in [0.1, 0.15) is 0 Å². The molecule has 0 aromatic heterocycles. The number of rotatable bonds is 10. The monoisotopic (exact) mass is 514 g/mol. The molecule has 1 fully saturated rings. The van der Waals surface area contributed by atoms with E-state index in [-0.39, 0.29) is 30.6 Å². The van der Waals surface area contributed by atoms with Gasteiger partial charge in [0.2, 0.25) is 5.91 Å². The molecule has 3 aromatic carbocycles. The van der Waals surface area contributed by atoms with Crippen molar-refractivity contribution in [2.24, 2.45) is 5.92 Å². The van der Waals surface area contributed by atoms with Crippen molar-refractivity contribution in [3.63, 3.8) is 0 Å². The number of carbonyl (C=O) groups is 1. The van der Waals surface area contributed by atoms with Crippen LogP contribution >= 0.6 is 0 Å². The maximum absolute atomic E-state index is 11.4. The molecule has 0 saturated carbocycles. The summed E-state index contributed by atoms with van der Waals surface area (Å²) in [5.41, 5.74) is 6.11. The van der Waals surface area contributed by atoms with Crippen LogP contribution in [-0.4, -0.2) is 42.2 Å². The van der Waals surface area contributed by atoms with E-state index in [1.165, 1.54) is 6.92 Å². The van der Waals surface area contributed by atoms with E-state index in [4.69, 9.17) is 9.47 Å². The molecule has 38 heavy (non-hydrogen) atoms. The first-order chi connectivity index (χ1) is 18.4. The molecule has 1 aliphatic rings. The lowest BCUT2D eigenvalue weighted by molar-refractivity contribution is -0.275. The number of amides is 1. The second-order valence-corrected chi connectivity index (χ2v) is 10.0. The average molecular weight is 515 g/mol. The molecule has 1 amide bonds. The summed E-state index contributed by atoms with van der Waals surface area (Å²) in [5.74, 6) is 0.0724. The van der Waals surface area contributed by atoms with E-state index in [1.54, 1.807) is 0 Å². The van der Waals surface area contributed by atoms with Gasteiger partial charge in [0, 0.05) is 38.0 Å². The zero-order valence-electron chi connectivity index (χ0n) is 22.5. The number of aliphatic hydroxyl groups excluding tert-OH is 1. The van der Waals surface area contributed by atoms with Gasteiger partial charge in [-0.15, -0.1) is 6.58 Å². The number of likely N-dealkylation sites (N-methyl/N-ethyl adjacent to an activating group) is 1. The van der Waals surface area contributed by atoms with Crippen LogP contribution in [0.5, 0.6) is 0 Å². The van der Waals surface area contributed by atoms with Crippen LogP contribution in [0.3, 0.4) is 0 Å². The van der Waals surface area contributed by atoms with Crippen molar-refractivity contribution in [2.45, 2.75) is 45.5 Å². The van der Waals surface area contributed by atoms with E-state index < -0.39 is 6.29 Å². The molecule has 3 aromatic rings. The highest BCUT2D eigenvalue weighted by Crippen LogP contribution is 2.42. The summed E-state index contributed by atoms with van der Waals surface area (Å²) in [6, 6.07) is 24.3. The van der Waals surface area contributed by atoms with E-state index >= 15 is 0 Å². The SMILES string of the molecule is C=CCN(C)C[C@@H]1O[C@H](c2ccc(-c3ccccc3CNC(C)=O)cc2)O[C@H](c2ccc(CO)cc2)[C@@H]1C. The molecule has 0 aliphatic carbocycles. The third kappa shape index (κ3) is 6.77. The highest BCUT2D eigenvalue weighted by Gasteiger charge is 2.38. The Labute approximate surface area is 225 Å². The molecule has 200 valence electrons. The van der Waals surface area contributed by atoms with Gasteiger partial charge in [-0.3, -0.25) is 4.79 Å². The van der Waals surface area contributed by atoms with Crippen molar-refractivity contribution in [3.05, 3.63) is 108 Å². The van der Waals surface area contributed by atoms with Crippen LogP contribution in [0.1, 0.15) is 48.5 Å². The number of benzene rings is 3. The minimum atomic E-state index is -0.514. The van der Waals surface area contributed by atoms with Gasteiger partial charge in [-0.25, -0.2) is 0 Å². The van der Waals surface area contributed by atoms with Gasteiger partial charge in [-0.2, -0.15) is 0 Å². The molecule has 1 aliphatic heterocycles. The molecule has 0 radical (unpaired) electrons. The number of hydrogen-bond donors (Lipinski definition) is 2. The van der Waals surface area contributed by atoms with Gasteiger partial charge in [-0.1, -0.05) is 85.8 Å². The standard InChI is InChI=1S/C32H38N2O4/c1-5-18-34(4)20-30-22(2)31(26-12-10-24(21-35)11-13-26)38-32(37-30)27-16-14-25(15-17-27)29-9-7-6-8-28(29)19-33-23(3)36/h5-17,22,30-32,35H,1,18-21H2,2-4H3,(H,33,36)/t22-,30+,31+,32+/m1/s1. The summed E-state index contributed by atoms with van der Waals surface area (Å²) in [4.78, 5) is 13.6. The average Bonchev–Trinajstić information content (AvgIpc) is 2.93. The molecule has 1 heterocycles. The Morgan fingerprint density at radius 1 is 1.03 bits per heavy atom. The van der Waals surface area contributed by atoms with Gasteiger partial charge in [0.05, 0.1) is 18.8 Å². The predicted molar refractivity (Wildman–Crippen MR) is 150 cm³/mol. The van der Waals surface area contributed by atoms with E-state index in [0.29, 0.717) is 6.54 Å². The largest absolute Gasteiger partial charge is 0.392 e. The number of nitrogens with one attached hydrogen (secondary N) is 1. The van der Waals surface area contributed by atoms with Crippen LogP contribution in [0.15, 0.2) is 85.5 Å². The maximum atomic E-state index is 11.4. The summed E-state index contributed by atoms with van der Waals surface area (Å²) < 4.78 is 13.1. The zero-order chi connectivity index (χ0) is 27.1. The second kappa shape index (κ2) is 13.0. The Bertz CT molecular complexity index is 1210. The topological polar surface area (TPSA) is 71.0 Å². The summed E-state index contributed by atoms with van der Waals surface area (Å²) in [7, 11) is 2.07. The van der Waals surface area contributed by atoms with E-state index in [9.17, 15) is 9.90 Å². The van der Waals surface area contributed by atoms with Crippen LogP contribution in [0.2, 0.25) is 0 Å². The lowest BCUT2D eigenvalue weighted by Gasteiger charge is -2.42. The molecule has 0 unspecified atom stereocenters. The fourth-order valence-electron chi connectivity index (χ4n) is 4.93. The van der Waals surface area contributed by atoms with E-state index in [0.717, 1.165) is 46.5 Å². The number of nitrogens with zero attached hydrogens (tertiary/aromatic N) is 1. The fourth-order valence-corrected chi connectivity index (χ4v) is 4.93. The Kier molecular flexibility index (Phi) is 9.48. The molecule has 2 N–H and O–H groups in total. The van der Waals surface area contributed by atoms with Gasteiger partial charge in [0.15, 0.2) is 6.29 Å². The number of aliphatic hydroxyl groups is 1. The van der Waals surface area contributed by atoms with Crippen molar-refractivity contribution < 1.29 is 19.4 Å². The highest BCUT2D eigenvalue weighted by atomic mass is 16.7. The summed E-state index contributed by atoms with van der Waals surface area (Å²) in [5, 5.41) is 12.4. The third-order valence-corrected chi connectivity index (χ3v) is 7.09. The normalized spacial score (nSPS) is 21.3. The van der Waals surface area contributed by atoms with Crippen molar-refractivity contribution in [1.29, 1.82) is 0 Å². The van der Waals surface area contributed by atoms with Gasteiger partial charge in [-0.05, 0) is 34.9 Å². The first-order valence-corrected chi connectivity index (χ1v) is 13.1. The minimum absolute atomic E-state index is 0.0162. The maximum Gasteiger partial charge on any atom is 0.217 e. The first kappa shape index (κ1) is 27.7. The lowest BCUT2D eigenvalue weighted by Crippen LogP contribution is -2.43. The number of carbonyl (C=O) groups excluding carboxylic acids is 1. The van der Waals surface area contributed by atoms with Gasteiger partial charge < -0.3 is 24.8 Å². The summed E-state index contributed by atoms with van der Waals surface area (Å²) >= 11 is 0. The Balaban J connectivity index is 1.59. The van der Waals surface area contributed by atoms with Crippen LogP contribution < -0.4 is 5.32 Å². The van der Waals surface area contributed by atoms with Crippen LogP contribution in [0, 0.1) is 5.92 Å². The molecule has 1 saturated heterocycles. The number of ether oxygens (including phenoxy) is 2. The molecular weight excluding hydrogens is 476 g/mol. The molecule has 4 rings (SSSR count). The van der Waals surface area contributed by atoms with Crippen molar-refractivity contribution in [2.75, 3.05) is 20.1 Å². The van der Waals surface area contributed by atoms with Gasteiger partial charge in [0.25, 0.3) is 0 Å². The van der Waals surface area contributed by atoms with Crippen molar-refractivity contribution in [3.8, 4) is 11.1 Å². The molecule has 0 spiro atoms. The Morgan fingerprint density at radius 2 is 1.71 bits per heavy atom. The van der Waals surface area contributed by atoms with E-state index in [1.807, 2.05) is 48.5 Å². The number of hydrogen-bond acceptors (Lipinski definition) is 5. The van der Waals surface area contributed by atoms with Crippen LogP contribution in [0.4, 0.5) is 0 Å². The predicted octanol–water partition coefficient (Wildman–Crippen LogP) is 5.39. The lowest BCUT2D eigenvalue weighted by atomic mass is 9.90. The Morgan fingerprint density at radius 3 is 2.37 bits per heavy atom. The third-order valence-electron chi connectivity index (χ3n) is 7.09. The Hall–Kier alpha value is -3.29. The molecular formula is C32H38N2O4. The van der Waals surface area contributed by atoms with Gasteiger partial charge >= 0.3 is 0 Å². The van der Waals surface area contributed by atoms with Crippen LogP contribution in [0.25, 0.3) is 11.1 Å². The minimum Gasteiger partial charge on any atom is -0.392 e. The molecule has 0 bridgehead atoms. The van der Waals surface area contributed by atoms with Crippen LogP contribution in [-0.2, 0) is 27.4 Å². The highest BCUT2D eigenvalue weighted by molar-refractivity contribution is 5.74. The smallest absolute Gasteiger partial charge is 0.217 e. The van der Waals surface area contributed by atoms with Crippen molar-refractivity contribution in [1.82, 2.24) is 10.2 Å². The quantitative estimate of drug-likeness (QED) is 0.355.